The largest absolute Gasteiger partial charge is 0.357 e. The molecule has 3 N–H and O–H groups in total. The molecule has 0 atom stereocenters. The first-order chi connectivity index (χ1) is 11.6. The molecule has 2 rings (SSSR count). The third-order valence-corrected chi connectivity index (χ3v) is 4.53. The minimum atomic E-state index is -0.127. The van der Waals surface area contributed by atoms with Crippen LogP contribution in [0.2, 0.25) is 5.02 Å². The van der Waals surface area contributed by atoms with Crippen LogP contribution in [0.25, 0.3) is 0 Å². The summed E-state index contributed by atoms with van der Waals surface area (Å²) in [5.74, 6) is 0.968. The molecule has 7 heteroatoms. The predicted octanol–water partition coefficient (Wildman–Crippen LogP) is 3.27. The summed E-state index contributed by atoms with van der Waals surface area (Å²) in [5.41, 5.74) is 7.53. The lowest BCUT2D eigenvalue weighted by atomic mass is 10.2. The zero-order chi connectivity index (χ0) is 17.2. The molecule has 0 saturated carbocycles. The number of halogens is 1. The smallest absolute Gasteiger partial charge is 0.248 e. The SMILES string of the molecule is O=C(CSCc1ccc(Cl)cc1)NNC(=S)NCc1ccccc1. The van der Waals surface area contributed by atoms with Gasteiger partial charge in [0.1, 0.15) is 0 Å². The molecule has 0 unspecified atom stereocenters. The molecule has 2 aromatic carbocycles. The number of rotatable bonds is 6. The topological polar surface area (TPSA) is 53.2 Å². The lowest BCUT2D eigenvalue weighted by Crippen LogP contribution is -2.47. The van der Waals surface area contributed by atoms with Crippen LogP contribution in [0.3, 0.4) is 0 Å². The fraction of sp³-hybridized carbons (Fsp3) is 0.176. The second-order valence-corrected chi connectivity index (χ2v) is 6.79. The molecule has 1 amide bonds. The number of carbonyl (C=O) groups excluding carboxylic acids is 1. The molecule has 0 spiro atoms. The second-order valence-electron chi connectivity index (χ2n) is 4.96. The van der Waals surface area contributed by atoms with Gasteiger partial charge in [-0.15, -0.1) is 11.8 Å². The quantitative estimate of drug-likeness (QED) is 0.531. The Labute approximate surface area is 156 Å². The average molecular weight is 380 g/mol. The molecule has 0 aliphatic carbocycles. The van der Waals surface area contributed by atoms with E-state index in [-0.39, 0.29) is 5.91 Å². The minimum Gasteiger partial charge on any atom is -0.357 e. The second kappa shape index (κ2) is 10.2. The van der Waals surface area contributed by atoms with Gasteiger partial charge in [0.15, 0.2) is 5.11 Å². The van der Waals surface area contributed by atoms with E-state index in [9.17, 15) is 4.79 Å². The van der Waals surface area contributed by atoms with Gasteiger partial charge in [-0.25, -0.2) is 0 Å². The molecule has 0 radical (unpaired) electrons. The van der Waals surface area contributed by atoms with Crippen LogP contribution >= 0.6 is 35.6 Å². The van der Waals surface area contributed by atoms with Crippen LogP contribution in [-0.2, 0) is 17.1 Å². The fourth-order valence-electron chi connectivity index (χ4n) is 1.83. The Morgan fingerprint density at radius 2 is 1.71 bits per heavy atom. The van der Waals surface area contributed by atoms with Crippen molar-refractivity contribution in [3.8, 4) is 0 Å². The Morgan fingerprint density at radius 1 is 1.00 bits per heavy atom. The summed E-state index contributed by atoms with van der Waals surface area (Å²) < 4.78 is 0. The molecule has 0 heterocycles. The Balaban J connectivity index is 1.58. The Bertz CT molecular complexity index is 665. The fourth-order valence-corrected chi connectivity index (χ4v) is 2.86. The minimum absolute atomic E-state index is 0.127. The summed E-state index contributed by atoms with van der Waals surface area (Å²) in [6, 6.07) is 17.5. The van der Waals surface area contributed by atoms with E-state index >= 15 is 0 Å². The Morgan fingerprint density at radius 3 is 2.42 bits per heavy atom. The molecule has 24 heavy (non-hydrogen) atoms. The third-order valence-electron chi connectivity index (χ3n) is 3.03. The van der Waals surface area contributed by atoms with Gasteiger partial charge in [-0.2, -0.15) is 0 Å². The summed E-state index contributed by atoms with van der Waals surface area (Å²) in [5, 5.41) is 4.12. The highest BCUT2D eigenvalue weighted by atomic mass is 35.5. The summed E-state index contributed by atoms with van der Waals surface area (Å²) in [7, 11) is 0. The summed E-state index contributed by atoms with van der Waals surface area (Å²) in [6.45, 7) is 0.605. The van der Waals surface area contributed by atoms with E-state index in [2.05, 4.69) is 16.2 Å². The van der Waals surface area contributed by atoms with E-state index in [4.69, 9.17) is 23.8 Å². The van der Waals surface area contributed by atoms with Crippen LogP contribution in [0, 0.1) is 0 Å². The summed E-state index contributed by atoms with van der Waals surface area (Å²) in [6.07, 6.45) is 0. The number of thiocarbonyl (C=S) groups is 1. The normalized spacial score (nSPS) is 10.0. The van der Waals surface area contributed by atoms with Crippen molar-refractivity contribution in [1.29, 1.82) is 0 Å². The van der Waals surface area contributed by atoms with Crippen LogP contribution in [0.15, 0.2) is 54.6 Å². The number of carbonyl (C=O) groups is 1. The molecule has 126 valence electrons. The van der Waals surface area contributed by atoms with Gasteiger partial charge < -0.3 is 5.32 Å². The van der Waals surface area contributed by atoms with Gasteiger partial charge in [-0.1, -0.05) is 54.1 Å². The zero-order valence-electron chi connectivity index (χ0n) is 12.9. The zero-order valence-corrected chi connectivity index (χ0v) is 15.3. The first kappa shape index (κ1) is 18.6. The van der Waals surface area contributed by atoms with E-state index < -0.39 is 0 Å². The van der Waals surface area contributed by atoms with Crippen molar-refractivity contribution in [2.45, 2.75) is 12.3 Å². The van der Waals surface area contributed by atoms with Crippen molar-refractivity contribution in [3.63, 3.8) is 0 Å². The number of hydrazine groups is 1. The van der Waals surface area contributed by atoms with E-state index in [0.29, 0.717) is 22.4 Å². The maximum Gasteiger partial charge on any atom is 0.248 e. The van der Waals surface area contributed by atoms with Crippen molar-refractivity contribution in [1.82, 2.24) is 16.2 Å². The van der Waals surface area contributed by atoms with Crippen LogP contribution in [0.5, 0.6) is 0 Å². The van der Waals surface area contributed by atoms with Crippen LogP contribution in [0.4, 0.5) is 0 Å². The van der Waals surface area contributed by atoms with Gasteiger partial charge in [-0.3, -0.25) is 15.6 Å². The first-order valence-electron chi connectivity index (χ1n) is 7.32. The van der Waals surface area contributed by atoms with Gasteiger partial charge >= 0.3 is 0 Å². The Hall–Kier alpha value is -1.76. The monoisotopic (exact) mass is 379 g/mol. The number of nitrogens with one attached hydrogen (secondary N) is 3. The highest BCUT2D eigenvalue weighted by Crippen LogP contribution is 2.15. The number of amides is 1. The van der Waals surface area contributed by atoms with Crippen molar-refractivity contribution < 1.29 is 4.79 Å². The van der Waals surface area contributed by atoms with Crippen molar-refractivity contribution in [3.05, 3.63) is 70.7 Å². The summed E-state index contributed by atoms with van der Waals surface area (Å²) >= 11 is 12.5. The van der Waals surface area contributed by atoms with E-state index in [1.54, 1.807) is 0 Å². The molecular weight excluding hydrogens is 362 g/mol. The molecule has 0 bridgehead atoms. The number of thioether (sulfide) groups is 1. The lowest BCUT2D eigenvalue weighted by molar-refractivity contribution is -0.119. The first-order valence-corrected chi connectivity index (χ1v) is 9.26. The van der Waals surface area contributed by atoms with E-state index in [1.807, 2.05) is 54.6 Å². The molecule has 4 nitrogen and oxygen atoms in total. The van der Waals surface area contributed by atoms with Gasteiger partial charge in [-0.05, 0) is 35.5 Å². The van der Waals surface area contributed by atoms with E-state index in [1.165, 1.54) is 11.8 Å². The van der Waals surface area contributed by atoms with Crippen molar-refractivity contribution in [2.24, 2.45) is 0 Å². The average Bonchev–Trinajstić information content (AvgIpc) is 2.61. The van der Waals surface area contributed by atoms with Crippen LogP contribution in [-0.4, -0.2) is 16.8 Å². The molecule has 2 aromatic rings. The van der Waals surface area contributed by atoms with Crippen molar-refractivity contribution >= 4 is 46.6 Å². The number of benzene rings is 2. The summed E-state index contributed by atoms with van der Waals surface area (Å²) in [4.78, 5) is 11.8. The third kappa shape index (κ3) is 7.21. The maximum atomic E-state index is 11.8. The van der Waals surface area contributed by atoms with Crippen molar-refractivity contribution in [2.75, 3.05) is 5.75 Å². The standard InChI is InChI=1S/C17H18ClN3OS2/c18-15-8-6-14(7-9-15)11-24-12-16(22)20-21-17(23)19-10-13-4-2-1-3-5-13/h1-9H,10-12H2,(H,20,22)(H2,19,21,23). The Kier molecular flexibility index (Phi) is 7.88. The highest BCUT2D eigenvalue weighted by Gasteiger charge is 2.03. The maximum absolute atomic E-state index is 11.8. The van der Waals surface area contributed by atoms with E-state index in [0.717, 1.165) is 16.9 Å². The van der Waals surface area contributed by atoms with Crippen LogP contribution in [0.1, 0.15) is 11.1 Å². The number of hydrogen-bond acceptors (Lipinski definition) is 3. The molecule has 0 saturated heterocycles. The molecule has 0 aliphatic rings. The molecule has 0 aromatic heterocycles. The lowest BCUT2D eigenvalue weighted by Gasteiger charge is -2.11. The van der Waals surface area contributed by atoms with Gasteiger partial charge in [0.05, 0.1) is 5.75 Å². The highest BCUT2D eigenvalue weighted by molar-refractivity contribution is 7.99. The van der Waals surface area contributed by atoms with Gasteiger partial charge in [0.2, 0.25) is 5.91 Å². The molecular formula is C17H18ClN3OS2. The van der Waals surface area contributed by atoms with Gasteiger partial charge in [0.25, 0.3) is 0 Å². The number of hydrogen-bond donors (Lipinski definition) is 3. The van der Waals surface area contributed by atoms with Crippen LogP contribution < -0.4 is 16.2 Å². The predicted molar refractivity (Wildman–Crippen MR) is 105 cm³/mol. The molecule has 0 fully saturated rings. The van der Waals surface area contributed by atoms with Gasteiger partial charge in [0, 0.05) is 17.3 Å². The molecule has 0 aliphatic heterocycles.